The lowest BCUT2D eigenvalue weighted by molar-refractivity contribution is -0.384. The summed E-state index contributed by atoms with van der Waals surface area (Å²) in [6.07, 6.45) is 1.69. The molecule has 35 heavy (non-hydrogen) atoms. The molecule has 1 aliphatic heterocycles. The Balaban J connectivity index is 1.78. The first kappa shape index (κ1) is 22.4. The molecule has 1 aliphatic rings. The average molecular weight is 488 g/mol. The summed E-state index contributed by atoms with van der Waals surface area (Å²) in [4.78, 5) is 41.8. The number of carbonyl (C=O) groups excluding carboxylic acids is 2. The van der Waals surface area contributed by atoms with Crippen molar-refractivity contribution >= 4 is 51.3 Å². The minimum absolute atomic E-state index is 0.0592. The van der Waals surface area contributed by atoms with Gasteiger partial charge in [-0.3, -0.25) is 24.6 Å². The summed E-state index contributed by atoms with van der Waals surface area (Å²) in [5.41, 5.74) is 2.19. The molecule has 0 radical (unpaired) electrons. The highest BCUT2D eigenvalue weighted by Gasteiger charge is 2.47. The number of nitrogens with one attached hydrogen (secondary N) is 1. The number of anilines is 1. The van der Waals surface area contributed by atoms with Crippen LogP contribution in [0.15, 0.2) is 78.5 Å². The first-order chi connectivity index (χ1) is 16.8. The number of nitro groups is 1. The Morgan fingerprint density at radius 3 is 2.60 bits per heavy atom. The highest BCUT2D eigenvalue weighted by atomic mass is 35.5. The van der Waals surface area contributed by atoms with Gasteiger partial charge in [0.15, 0.2) is 0 Å². The molecule has 1 aromatic heterocycles. The molecule has 2 heterocycles. The van der Waals surface area contributed by atoms with Gasteiger partial charge in [0.1, 0.15) is 5.76 Å². The smallest absolute Gasteiger partial charge is 0.300 e. The van der Waals surface area contributed by atoms with Gasteiger partial charge in [0.05, 0.1) is 16.5 Å². The van der Waals surface area contributed by atoms with Crippen LogP contribution in [0.3, 0.4) is 0 Å². The number of fused-ring (bicyclic) bond motifs is 1. The van der Waals surface area contributed by atoms with Gasteiger partial charge in [-0.1, -0.05) is 48.0 Å². The molecule has 4 aromatic rings. The van der Waals surface area contributed by atoms with Crippen LogP contribution in [0.5, 0.6) is 0 Å². The maximum Gasteiger partial charge on any atom is 0.300 e. The van der Waals surface area contributed by atoms with Crippen molar-refractivity contribution in [1.29, 1.82) is 0 Å². The van der Waals surface area contributed by atoms with Crippen molar-refractivity contribution < 1.29 is 19.6 Å². The van der Waals surface area contributed by atoms with Gasteiger partial charge in [-0.2, -0.15) is 0 Å². The number of aliphatic hydroxyl groups excluding tert-OH is 1. The Hall–Kier alpha value is -4.43. The van der Waals surface area contributed by atoms with Crippen LogP contribution in [0.4, 0.5) is 11.4 Å². The van der Waals surface area contributed by atoms with Gasteiger partial charge < -0.3 is 10.1 Å². The van der Waals surface area contributed by atoms with Crippen LogP contribution in [-0.2, 0) is 9.59 Å². The van der Waals surface area contributed by atoms with Crippen LogP contribution in [0.1, 0.15) is 22.7 Å². The predicted molar refractivity (Wildman–Crippen MR) is 132 cm³/mol. The molecule has 1 atom stereocenters. The summed E-state index contributed by atoms with van der Waals surface area (Å²) < 4.78 is 0. The number of Topliss-reactive ketones (excluding diaryl/α,β-unsaturated/α-hetero) is 1. The average Bonchev–Trinajstić information content (AvgIpc) is 3.39. The summed E-state index contributed by atoms with van der Waals surface area (Å²) in [5.74, 6) is -2.24. The number of aliphatic hydroxyl groups is 1. The number of aryl methyl sites for hydroxylation is 1. The Morgan fingerprint density at radius 2 is 1.86 bits per heavy atom. The van der Waals surface area contributed by atoms with Crippen molar-refractivity contribution in [3.63, 3.8) is 0 Å². The molecule has 9 heteroatoms. The number of para-hydroxylation sites is 1. The topological polar surface area (TPSA) is 117 Å². The van der Waals surface area contributed by atoms with Crippen molar-refractivity contribution in [2.24, 2.45) is 0 Å². The van der Waals surface area contributed by atoms with Crippen molar-refractivity contribution in [1.82, 2.24) is 4.98 Å². The van der Waals surface area contributed by atoms with Gasteiger partial charge in [0, 0.05) is 51.1 Å². The minimum atomic E-state index is -0.996. The number of carbonyl (C=O) groups is 2. The number of halogens is 1. The number of hydrogen-bond acceptors (Lipinski definition) is 5. The molecular weight excluding hydrogens is 470 g/mol. The first-order valence-electron chi connectivity index (χ1n) is 10.7. The van der Waals surface area contributed by atoms with Gasteiger partial charge in [0.2, 0.25) is 0 Å². The SMILES string of the molecule is Cc1ccc(N2C(=O)C(=O)/C(=C(/O)c3cccc([N+](=O)[O-])c3)C2c2c[nH]c3ccccc23)cc1Cl. The fraction of sp³-hybridized carbons (Fsp3) is 0.0769. The molecule has 0 spiro atoms. The zero-order chi connectivity index (χ0) is 24.9. The van der Waals surface area contributed by atoms with Crippen molar-refractivity contribution in [3.05, 3.63) is 110 Å². The normalized spacial score (nSPS) is 17.3. The number of H-pyrrole nitrogens is 1. The number of nitro benzene ring substituents is 1. The van der Waals surface area contributed by atoms with E-state index in [0.717, 1.165) is 22.5 Å². The van der Waals surface area contributed by atoms with Crippen molar-refractivity contribution in [2.75, 3.05) is 4.90 Å². The number of nitrogens with zero attached hydrogens (tertiary/aromatic N) is 2. The number of non-ortho nitro benzene ring substituents is 1. The van der Waals surface area contributed by atoms with Gasteiger partial charge in [-0.25, -0.2) is 0 Å². The number of benzene rings is 3. The zero-order valence-corrected chi connectivity index (χ0v) is 19.1. The number of aromatic amines is 1. The fourth-order valence-electron chi connectivity index (χ4n) is 4.37. The molecular formula is C26H18ClN3O5. The van der Waals surface area contributed by atoms with Crippen LogP contribution in [0.2, 0.25) is 5.02 Å². The maximum absolute atomic E-state index is 13.3. The maximum atomic E-state index is 13.3. The van der Waals surface area contributed by atoms with E-state index in [1.165, 1.54) is 23.1 Å². The van der Waals surface area contributed by atoms with Gasteiger partial charge in [0.25, 0.3) is 17.4 Å². The lowest BCUT2D eigenvalue weighted by Gasteiger charge is -2.25. The summed E-state index contributed by atoms with van der Waals surface area (Å²) in [5, 5.41) is 23.7. The van der Waals surface area contributed by atoms with Crippen molar-refractivity contribution in [2.45, 2.75) is 13.0 Å². The van der Waals surface area contributed by atoms with E-state index in [4.69, 9.17) is 11.6 Å². The largest absolute Gasteiger partial charge is 0.507 e. The Kier molecular flexibility index (Phi) is 5.37. The second-order valence-corrected chi connectivity index (χ2v) is 8.61. The molecule has 174 valence electrons. The highest BCUT2D eigenvalue weighted by molar-refractivity contribution is 6.52. The Bertz CT molecular complexity index is 1570. The van der Waals surface area contributed by atoms with E-state index in [2.05, 4.69) is 4.98 Å². The zero-order valence-electron chi connectivity index (χ0n) is 18.4. The molecule has 1 saturated heterocycles. The van der Waals surface area contributed by atoms with E-state index in [9.17, 15) is 24.8 Å². The highest BCUT2D eigenvalue weighted by Crippen LogP contribution is 2.45. The van der Waals surface area contributed by atoms with Gasteiger partial charge >= 0.3 is 0 Å². The summed E-state index contributed by atoms with van der Waals surface area (Å²) in [7, 11) is 0. The summed E-state index contributed by atoms with van der Waals surface area (Å²) >= 11 is 6.33. The standard InChI is InChI=1S/C26H18ClN3O5/c1-14-9-10-16(12-20(14)27)29-23(19-13-28-21-8-3-2-7-18(19)21)22(25(32)26(29)33)24(31)15-5-4-6-17(11-15)30(34)35/h2-13,23,28,31H,1H3/b24-22+. The molecule has 5 rings (SSSR count). The Morgan fingerprint density at radius 1 is 1.09 bits per heavy atom. The van der Waals surface area contributed by atoms with Gasteiger partial charge in [-0.15, -0.1) is 0 Å². The van der Waals surface area contributed by atoms with E-state index in [-0.39, 0.29) is 16.8 Å². The number of aromatic nitrogens is 1. The number of ketones is 1. The van der Waals surface area contributed by atoms with E-state index in [1.807, 2.05) is 31.2 Å². The monoisotopic (exact) mass is 487 g/mol. The van der Waals surface area contributed by atoms with E-state index < -0.39 is 28.4 Å². The third-order valence-corrected chi connectivity index (χ3v) is 6.53. The van der Waals surface area contributed by atoms with E-state index >= 15 is 0 Å². The quantitative estimate of drug-likeness (QED) is 0.126. The molecule has 2 N–H and O–H groups in total. The molecule has 0 saturated carbocycles. The summed E-state index contributed by atoms with van der Waals surface area (Å²) in [6.45, 7) is 1.82. The van der Waals surface area contributed by atoms with E-state index in [0.29, 0.717) is 16.3 Å². The number of amides is 1. The lowest BCUT2D eigenvalue weighted by Crippen LogP contribution is -2.29. The summed E-state index contributed by atoms with van der Waals surface area (Å²) in [6, 6.07) is 16.7. The second-order valence-electron chi connectivity index (χ2n) is 8.20. The van der Waals surface area contributed by atoms with Crippen LogP contribution >= 0.6 is 11.6 Å². The van der Waals surface area contributed by atoms with Crippen LogP contribution in [0.25, 0.3) is 16.7 Å². The molecule has 3 aromatic carbocycles. The predicted octanol–water partition coefficient (Wildman–Crippen LogP) is 5.66. The molecule has 0 bridgehead atoms. The van der Waals surface area contributed by atoms with Crippen LogP contribution in [0, 0.1) is 17.0 Å². The first-order valence-corrected chi connectivity index (χ1v) is 11.0. The molecule has 0 aliphatic carbocycles. The number of hydrogen-bond donors (Lipinski definition) is 2. The van der Waals surface area contributed by atoms with E-state index in [1.54, 1.807) is 24.4 Å². The second kappa shape index (κ2) is 8.41. The number of rotatable bonds is 4. The lowest BCUT2D eigenvalue weighted by atomic mass is 9.94. The molecule has 1 unspecified atom stereocenters. The third kappa shape index (κ3) is 3.64. The van der Waals surface area contributed by atoms with Crippen LogP contribution in [-0.4, -0.2) is 26.7 Å². The molecule has 1 amide bonds. The fourth-order valence-corrected chi connectivity index (χ4v) is 4.54. The van der Waals surface area contributed by atoms with Crippen LogP contribution < -0.4 is 4.90 Å². The third-order valence-electron chi connectivity index (χ3n) is 6.12. The minimum Gasteiger partial charge on any atom is -0.507 e. The van der Waals surface area contributed by atoms with Gasteiger partial charge in [-0.05, 0) is 30.7 Å². The van der Waals surface area contributed by atoms with Crippen molar-refractivity contribution in [3.8, 4) is 0 Å². The molecule has 1 fully saturated rings. The Labute approximate surface area is 204 Å². The molecule has 8 nitrogen and oxygen atoms in total.